The molecule has 0 bridgehead atoms. The van der Waals surface area contributed by atoms with Crippen LogP contribution in [0.5, 0.6) is 11.5 Å². The molecule has 2 N–H and O–H groups in total. The molecule has 2 aromatic carbocycles. The van der Waals surface area contributed by atoms with Crippen molar-refractivity contribution in [1.29, 1.82) is 0 Å². The third-order valence-corrected chi connectivity index (χ3v) is 3.93. The Hall–Kier alpha value is -2.00. The summed E-state index contributed by atoms with van der Waals surface area (Å²) in [6.07, 6.45) is 2.07. The zero-order valence-corrected chi connectivity index (χ0v) is 12.6. The molecule has 0 spiro atoms. The number of methoxy groups -OCH3 is 1. The second kappa shape index (κ2) is 5.78. The van der Waals surface area contributed by atoms with Gasteiger partial charge in [0, 0.05) is 12.0 Å². The molecule has 2 aromatic rings. The number of hydrogen-bond acceptors (Lipinski definition) is 3. The lowest BCUT2D eigenvalue weighted by molar-refractivity contribution is 0.225. The maximum atomic E-state index is 6.13. The van der Waals surface area contributed by atoms with Crippen molar-refractivity contribution >= 4 is 0 Å². The summed E-state index contributed by atoms with van der Waals surface area (Å²) in [6.45, 7) is 2.79. The van der Waals surface area contributed by atoms with Gasteiger partial charge in [0.25, 0.3) is 0 Å². The molecule has 1 aliphatic heterocycles. The lowest BCUT2D eigenvalue weighted by atomic mass is 9.97. The third-order valence-electron chi connectivity index (χ3n) is 3.93. The number of benzene rings is 2. The van der Waals surface area contributed by atoms with Crippen LogP contribution in [0.2, 0.25) is 0 Å². The highest BCUT2D eigenvalue weighted by Gasteiger charge is 2.25. The summed E-state index contributed by atoms with van der Waals surface area (Å²) < 4.78 is 11.4. The lowest BCUT2D eigenvalue weighted by Gasteiger charge is -2.13. The molecular weight excluding hydrogens is 262 g/mol. The van der Waals surface area contributed by atoms with Gasteiger partial charge in [-0.2, -0.15) is 0 Å². The minimum Gasteiger partial charge on any atom is -0.497 e. The highest BCUT2D eigenvalue weighted by molar-refractivity contribution is 5.74. The topological polar surface area (TPSA) is 44.5 Å². The third kappa shape index (κ3) is 2.74. The maximum absolute atomic E-state index is 6.13. The van der Waals surface area contributed by atoms with Crippen LogP contribution in [0, 0.1) is 6.92 Å². The summed E-state index contributed by atoms with van der Waals surface area (Å²) in [4.78, 5) is 0. The van der Waals surface area contributed by atoms with Gasteiger partial charge in [0.1, 0.15) is 17.6 Å². The van der Waals surface area contributed by atoms with Crippen molar-refractivity contribution in [3.05, 3.63) is 47.5 Å². The van der Waals surface area contributed by atoms with E-state index in [1.54, 1.807) is 7.11 Å². The van der Waals surface area contributed by atoms with Gasteiger partial charge in [0.05, 0.1) is 7.11 Å². The number of fused-ring (bicyclic) bond motifs is 1. The predicted octanol–water partition coefficient (Wildman–Crippen LogP) is 3.32. The molecular formula is C18H21NO2. The van der Waals surface area contributed by atoms with Crippen molar-refractivity contribution in [3.63, 3.8) is 0 Å². The van der Waals surface area contributed by atoms with Crippen molar-refractivity contribution in [2.24, 2.45) is 5.73 Å². The Morgan fingerprint density at radius 1 is 1.24 bits per heavy atom. The maximum Gasteiger partial charge on any atom is 0.130 e. The van der Waals surface area contributed by atoms with Gasteiger partial charge in [-0.1, -0.05) is 18.2 Å². The van der Waals surface area contributed by atoms with Crippen molar-refractivity contribution in [1.82, 2.24) is 0 Å². The second-order valence-electron chi connectivity index (χ2n) is 5.55. The van der Waals surface area contributed by atoms with E-state index in [1.807, 2.05) is 12.1 Å². The fraction of sp³-hybridized carbons (Fsp3) is 0.333. The molecule has 1 atom stereocenters. The summed E-state index contributed by atoms with van der Waals surface area (Å²) in [5.74, 6) is 1.88. The summed E-state index contributed by atoms with van der Waals surface area (Å²) in [5, 5.41) is 0. The van der Waals surface area contributed by atoms with Crippen LogP contribution in [0.4, 0.5) is 0 Å². The predicted molar refractivity (Wildman–Crippen MR) is 85.0 cm³/mol. The van der Waals surface area contributed by atoms with E-state index in [9.17, 15) is 0 Å². The number of rotatable bonds is 4. The Kier molecular flexibility index (Phi) is 3.84. The Balaban J connectivity index is 1.99. The first-order chi connectivity index (χ1) is 10.2. The molecule has 21 heavy (non-hydrogen) atoms. The van der Waals surface area contributed by atoms with Crippen molar-refractivity contribution < 1.29 is 9.47 Å². The summed E-state index contributed by atoms with van der Waals surface area (Å²) in [5.41, 5.74) is 10.5. The van der Waals surface area contributed by atoms with Crippen LogP contribution in [-0.2, 0) is 6.42 Å². The molecule has 1 heterocycles. The molecule has 0 amide bonds. The summed E-state index contributed by atoms with van der Waals surface area (Å²) in [7, 11) is 1.68. The normalized spacial score (nSPS) is 16.4. The largest absolute Gasteiger partial charge is 0.497 e. The van der Waals surface area contributed by atoms with E-state index in [4.69, 9.17) is 15.2 Å². The molecule has 3 rings (SSSR count). The monoisotopic (exact) mass is 283 g/mol. The Labute approximate surface area is 125 Å². The van der Waals surface area contributed by atoms with E-state index in [-0.39, 0.29) is 6.10 Å². The molecule has 0 fully saturated rings. The van der Waals surface area contributed by atoms with E-state index < -0.39 is 0 Å². The average Bonchev–Trinajstić information content (AvgIpc) is 2.89. The average molecular weight is 283 g/mol. The molecule has 3 nitrogen and oxygen atoms in total. The number of ether oxygens (including phenoxy) is 2. The second-order valence-corrected chi connectivity index (χ2v) is 5.55. The fourth-order valence-corrected chi connectivity index (χ4v) is 2.92. The highest BCUT2D eigenvalue weighted by atomic mass is 16.5. The van der Waals surface area contributed by atoms with Gasteiger partial charge in [0.15, 0.2) is 0 Å². The molecule has 110 valence electrons. The van der Waals surface area contributed by atoms with E-state index in [0.29, 0.717) is 6.54 Å². The zero-order chi connectivity index (χ0) is 14.8. The number of hydrogen-bond donors (Lipinski definition) is 1. The van der Waals surface area contributed by atoms with Crippen LogP contribution in [0.3, 0.4) is 0 Å². The first-order valence-corrected chi connectivity index (χ1v) is 7.36. The fourth-order valence-electron chi connectivity index (χ4n) is 2.92. The first kappa shape index (κ1) is 14.0. The van der Waals surface area contributed by atoms with Crippen molar-refractivity contribution in [2.75, 3.05) is 13.7 Å². The van der Waals surface area contributed by atoms with Gasteiger partial charge >= 0.3 is 0 Å². The zero-order valence-electron chi connectivity index (χ0n) is 12.6. The van der Waals surface area contributed by atoms with Crippen LogP contribution in [0.1, 0.15) is 17.5 Å². The van der Waals surface area contributed by atoms with E-state index in [1.165, 1.54) is 11.1 Å². The molecule has 0 saturated carbocycles. The molecule has 0 aromatic heterocycles. The van der Waals surface area contributed by atoms with Crippen molar-refractivity contribution in [3.8, 4) is 22.6 Å². The van der Waals surface area contributed by atoms with E-state index in [2.05, 4.69) is 31.2 Å². The number of aryl methyl sites for hydroxylation is 1. The summed E-state index contributed by atoms with van der Waals surface area (Å²) in [6, 6.07) is 12.5. The van der Waals surface area contributed by atoms with Gasteiger partial charge in [0.2, 0.25) is 0 Å². The highest BCUT2D eigenvalue weighted by Crippen LogP contribution is 2.40. The SMILES string of the molecule is COc1ccc(-c2cc(C)cc3c2OC(CCN)C3)cc1. The smallest absolute Gasteiger partial charge is 0.130 e. The first-order valence-electron chi connectivity index (χ1n) is 7.36. The van der Waals surface area contributed by atoms with Crippen LogP contribution in [-0.4, -0.2) is 19.8 Å². The van der Waals surface area contributed by atoms with Gasteiger partial charge in [-0.3, -0.25) is 0 Å². The molecule has 1 aliphatic rings. The molecule has 0 radical (unpaired) electrons. The van der Waals surface area contributed by atoms with Gasteiger partial charge in [-0.25, -0.2) is 0 Å². The standard InChI is InChI=1S/C18H21NO2/c1-12-9-14-11-16(7-8-19)21-18(14)17(10-12)13-3-5-15(20-2)6-4-13/h3-6,9-10,16H,7-8,11,19H2,1-2H3. The molecule has 0 saturated heterocycles. The number of nitrogens with two attached hydrogens (primary N) is 1. The Morgan fingerprint density at radius 2 is 2.00 bits per heavy atom. The molecule has 1 unspecified atom stereocenters. The Morgan fingerprint density at radius 3 is 2.67 bits per heavy atom. The van der Waals surface area contributed by atoms with Gasteiger partial charge in [-0.05, 0) is 54.8 Å². The van der Waals surface area contributed by atoms with Crippen molar-refractivity contribution in [2.45, 2.75) is 25.9 Å². The van der Waals surface area contributed by atoms with Crippen LogP contribution < -0.4 is 15.2 Å². The van der Waals surface area contributed by atoms with Gasteiger partial charge in [-0.15, -0.1) is 0 Å². The lowest BCUT2D eigenvalue weighted by Crippen LogP contribution is -2.17. The van der Waals surface area contributed by atoms with E-state index >= 15 is 0 Å². The van der Waals surface area contributed by atoms with Crippen LogP contribution in [0.25, 0.3) is 11.1 Å². The molecule has 0 aliphatic carbocycles. The molecule has 3 heteroatoms. The summed E-state index contributed by atoms with van der Waals surface area (Å²) >= 11 is 0. The quantitative estimate of drug-likeness (QED) is 0.936. The minimum absolute atomic E-state index is 0.212. The van der Waals surface area contributed by atoms with Gasteiger partial charge < -0.3 is 15.2 Å². The van der Waals surface area contributed by atoms with Crippen LogP contribution in [0.15, 0.2) is 36.4 Å². The van der Waals surface area contributed by atoms with E-state index in [0.717, 1.165) is 35.5 Å². The Bertz CT molecular complexity index is 634. The minimum atomic E-state index is 0.212. The van der Waals surface area contributed by atoms with Crippen LogP contribution >= 0.6 is 0 Å².